The molecule has 0 aliphatic rings. The number of halogens is 2. The van der Waals surface area contributed by atoms with Crippen molar-refractivity contribution in [3.05, 3.63) is 46.1 Å². The summed E-state index contributed by atoms with van der Waals surface area (Å²) in [6, 6.07) is 6.95. The number of rotatable bonds is 7. The van der Waals surface area contributed by atoms with Crippen LogP contribution in [0, 0.1) is 0 Å². The minimum absolute atomic E-state index is 0.100. The summed E-state index contributed by atoms with van der Waals surface area (Å²) in [6.45, 7) is 2.43. The van der Waals surface area contributed by atoms with Crippen LogP contribution >= 0.6 is 23.2 Å². The van der Waals surface area contributed by atoms with Crippen molar-refractivity contribution in [2.24, 2.45) is 0 Å². The molecule has 2 rings (SSSR count). The van der Waals surface area contributed by atoms with E-state index in [0.717, 1.165) is 12.0 Å². The van der Waals surface area contributed by atoms with Crippen molar-refractivity contribution in [1.29, 1.82) is 0 Å². The summed E-state index contributed by atoms with van der Waals surface area (Å²) >= 11 is 11.8. The minimum Gasteiger partial charge on any atom is -0.266 e. The molecule has 22 heavy (non-hydrogen) atoms. The van der Waals surface area contributed by atoms with Crippen LogP contribution in [0.2, 0.25) is 10.0 Å². The Morgan fingerprint density at radius 3 is 2.68 bits per heavy atom. The van der Waals surface area contributed by atoms with E-state index >= 15 is 0 Å². The molecule has 1 aromatic heterocycles. The van der Waals surface area contributed by atoms with Crippen LogP contribution in [0.4, 0.5) is 5.82 Å². The topological polar surface area (TPSA) is 64.0 Å². The van der Waals surface area contributed by atoms with Gasteiger partial charge in [0.05, 0.1) is 22.3 Å². The molecule has 0 fully saturated rings. The molecule has 5 nitrogen and oxygen atoms in total. The zero-order chi connectivity index (χ0) is 16.2. The molecule has 0 aliphatic heterocycles. The van der Waals surface area contributed by atoms with Crippen molar-refractivity contribution in [2.75, 3.05) is 10.5 Å². The molecule has 2 aromatic rings. The second kappa shape index (κ2) is 7.35. The third kappa shape index (κ3) is 4.90. The van der Waals surface area contributed by atoms with Crippen LogP contribution in [0.3, 0.4) is 0 Å². The summed E-state index contributed by atoms with van der Waals surface area (Å²) in [5.41, 5.74) is 0.929. The number of anilines is 1. The van der Waals surface area contributed by atoms with Crippen molar-refractivity contribution in [1.82, 2.24) is 9.78 Å². The molecule has 0 saturated heterocycles. The molecule has 0 radical (unpaired) electrons. The van der Waals surface area contributed by atoms with Gasteiger partial charge in [-0.1, -0.05) is 42.6 Å². The maximum absolute atomic E-state index is 11.8. The summed E-state index contributed by atoms with van der Waals surface area (Å²) in [5.74, 6) is 0.416. The van der Waals surface area contributed by atoms with Crippen LogP contribution in [0.5, 0.6) is 0 Å². The normalized spacial score (nSPS) is 11.6. The molecular formula is C14H17Cl2N3O2S. The van der Waals surface area contributed by atoms with Crippen LogP contribution in [-0.2, 0) is 16.6 Å². The molecule has 0 spiro atoms. The lowest BCUT2D eigenvalue weighted by molar-refractivity contribution is 0.597. The lowest BCUT2D eigenvalue weighted by atomic mass is 10.2. The Balaban J connectivity index is 2.03. The van der Waals surface area contributed by atoms with Gasteiger partial charge < -0.3 is 0 Å². The number of nitrogens with one attached hydrogen (secondary N) is 1. The van der Waals surface area contributed by atoms with Crippen molar-refractivity contribution in [3.63, 3.8) is 0 Å². The average Bonchev–Trinajstić information content (AvgIpc) is 2.87. The van der Waals surface area contributed by atoms with Crippen LogP contribution < -0.4 is 4.72 Å². The Hall–Kier alpha value is -1.24. The van der Waals surface area contributed by atoms with E-state index in [0.29, 0.717) is 28.8 Å². The highest BCUT2D eigenvalue weighted by Crippen LogP contribution is 2.23. The first-order valence-electron chi connectivity index (χ1n) is 6.87. The van der Waals surface area contributed by atoms with Gasteiger partial charge in [0, 0.05) is 12.3 Å². The van der Waals surface area contributed by atoms with Gasteiger partial charge in [-0.15, -0.1) is 0 Å². The summed E-state index contributed by atoms with van der Waals surface area (Å²) in [7, 11) is -3.33. The molecule has 0 saturated carbocycles. The van der Waals surface area contributed by atoms with E-state index < -0.39 is 10.0 Å². The molecule has 1 aromatic carbocycles. The number of aromatic nitrogens is 2. The molecule has 0 aliphatic carbocycles. The maximum atomic E-state index is 11.8. The van der Waals surface area contributed by atoms with Crippen LogP contribution in [0.1, 0.15) is 25.3 Å². The predicted octanol–water partition coefficient (Wildman–Crippen LogP) is 3.78. The second-order valence-corrected chi connectivity index (χ2v) is 7.58. The van der Waals surface area contributed by atoms with Crippen molar-refractivity contribution in [3.8, 4) is 0 Å². The van der Waals surface area contributed by atoms with Crippen molar-refractivity contribution >= 4 is 39.0 Å². The lowest BCUT2D eigenvalue weighted by Gasteiger charge is -2.05. The smallest absolute Gasteiger partial charge is 0.233 e. The van der Waals surface area contributed by atoms with E-state index in [-0.39, 0.29) is 5.75 Å². The molecule has 0 unspecified atom stereocenters. The molecule has 0 atom stereocenters. The quantitative estimate of drug-likeness (QED) is 0.815. The summed E-state index contributed by atoms with van der Waals surface area (Å²) in [5, 5.41) is 5.18. The Kier molecular flexibility index (Phi) is 5.72. The van der Waals surface area contributed by atoms with Gasteiger partial charge >= 0.3 is 0 Å². The summed E-state index contributed by atoms with van der Waals surface area (Å²) in [4.78, 5) is 0. The van der Waals surface area contributed by atoms with Gasteiger partial charge in [0.1, 0.15) is 0 Å². The molecular weight excluding hydrogens is 345 g/mol. The molecule has 8 heteroatoms. The minimum atomic E-state index is -3.33. The molecule has 1 N–H and O–H groups in total. The van der Waals surface area contributed by atoms with E-state index in [9.17, 15) is 8.42 Å². The zero-order valence-corrected chi connectivity index (χ0v) is 14.4. The van der Waals surface area contributed by atoms with Crippen LogP contribution in [-0.4, -0.2) is 24.0 Å². The fourth-order valence-corrected chi connectivity index (χ4v) is 3.39. The average molecular weight is 362 g/mol. The molecule has 0 amide bonds. The van der Waals surface area contributed by atoms with Gasteiger partial charge in [0.2, 0.25) is 10.0 Å². The Morgan fingerprint density at radius 2 is 2.00 bits per heavy atom. The van der Waals surface area contributed by atoms with Gasteiger partial charge in [-0.3, -0.25) is 9.40 Å². The number of hydrogen-bond donors (Lipinski definition) is 1. The zero-order valence-electron chi connectivity index (χ0n) is 12.1. The summed E-state index contributed by atoms with van der Waals surface area (Å²) in [6.07, 6.45) is 3.16. The summed E-state index contributed by atoms with van der Waals surface area (Å²) < 4.78 is 27.7. The van der Waals surface area contributed by atoms with E-state index in [2.05, 4.69) is 9.82 Å². The third-order valence-electron chi connectivity index (χ3n) is 3.00. The standard InChI is InChI=1S/C14H17Cl2N3O2S/c1-2-3-8-22(20,21)18-14-6-7-19(17-14)10-11-4-5-12(15)13(16)9-11/h4-7,9H,2-3,8,10H2,1H3,(H,17,18). The number of hydrogen-bond acceptors (Lipinski definition) is 3. The number of benzene rings is 1. The highest BCUT2D eigenvalue weighted by molar-refractivity contribution is 7.92. The molecule has 0 bridgehead atoms. The maximum Gasteiger partial charge on any atom is 0.233 e. The van der Waals surface area contributed by atoms with E-state index in [1.165, 1.54) is 0 Å². The monoisotopic (exact) mass is 361 g/mol. The van der Waals surface area contributed by atoms with Gasteiger partial charge in [0.25, 0.3) is 0 Å². The highest BCUT2D eigenvalue weighted by Gasteiger charge is 2.11. The Labute approximate surface area is 140 Å². The van der Waals surface area contributed by atoms with Gasteiger partial charge in [-0.25, -0.2) is 8.42 Å². The highest BCUT2D eigenvalue weighted by atomic mass is 35.5. The lowest BCUT2D eigenvalue weighted by Crippen LogP contribution is -2.17. The van der Waals surface area contributed by atoms with Crippen LogP contribution in [0.15, 0.2) is 30.5 Å². The first-order chi connectivity index (χ1) is 10.4. The van der Waals surface area contributed by atoms with Gasteiger partial charge in [-0.05, 0) is 24.1 Å². The Bertz CT molecular complexity index is 744. The van der Waals surface area contributed by atoms with Gasteiger partial charge in [0.15, 0.2) is 5.82 Å². The number of nitrogens with zero attached hydrogens (tertiary/aromatic N) is 2. The number of unbranched alkanes of at least 4 members (excludes halogenated alkanes) is 1. The largest absolute Gasteiger partial charge is 0.266 e. The molecule has 120 valence electrons. The fraction of sp³-hybridized carbons (Fsp3) is 0.357. The predicted molar refractivity (Wildman–Crippen MR) is 90.1 cm³/mol. The van der Waals surface area contributed by atoms with Crippen LogP contribution in [0.25, 0.3) is 0 Å². The second-order valence-electron chi connectivity index (χ2n) is 4.92. The van der Waals surface area contributed by atoms with Crippen molar-refractivity contribution in [2.45, 2.75) is 26.3 Å². The van der Waals surface area contributed by atoms with E-state index in [1.807, 2.05) is 13.0 Å². The van der Waals surface area contributed by atoms with Crippen molar-refractivity contribution < 1.29 is 8.42 Å². The van der Waals surface area contributed by atoms with E-state index in [4.69, 9.17) is 23.2 Å². The SMILES string of the molecule is CCCCS(=O)(=O)Nc1ccn(Cc2ccc(Cl)c(Cl)c2)n1. The first-order valence-corrected chi connectivity index (χ1v) is 9.28. The Morgan fingerprint density at radius 1 is 1.23 bits per heavy atom. The van der Waals surface area contributed by atoms with Gasteiger partial charge in [-0.2, -0.15) is 5.10 Å². The number of sulfonamides is 1. The third-order valence-corrected chi connectivity index (χ3v) is 5.08. The first kappa shape index (κ1) is 17.1. The fourth-order valence-electron chi connectivity index (χ4n) is 1.87. The molecule has 1 heterocycles. The van der Waals surface area contributed by atoms with E-state index in [1.54, 1.807) is 29.1 Å².